The smallest absolute Gasteiger partial charge is 0.210 e. The number of methoxy groups -OCH3 is 2. The molecule has 1 aromatic heterocycles. The van der Waals surface area contributed by atoms with Crippen LogP contribution in [0.5, 0.6) is 11.5 Å². The van der Waals surface area contributed by atoms with E-state index in [1.54, 1.807) is 56.7 Å². The fraction of sp³-hybridized carbons (Fsp3) is 0.125. The predicted octanol–water partition coefficient (Wildman–Crippen LogP) is 4.70. The Bertz CT molecular complexity index is 1310. The zero-order valence-electron chi connectivity index (χ0n) is 17.2. The van der Waals surface area contributed by atoms with Gasteiger partial charge in [0.25, 0.3) is 0 Å². The third kappa shape index (κ3) is 4.18. The van der Waals surface area contributed by atoms with E-state index in [9.17, 15) is 8.42 Å². The number of ether oxygens (including phenoxy) is 2. The monoisotopic (exact) mass is 434 g/mol. The topological polar surface area (TPSA) is 77.5 Å². The summed E-state index contributed by atoms with van der Waals surface area (Å²) in [6.07, 6.45) is 1.41. The van der Waals surface area contributed by atoms with E-state index < -0.39 is 9.84 Å². The number of benzene rings is 3. The molecule has 0 aliphatic carbocycles. The minimum atomic E-state index is -3.78. The summed E-state index contributed by atoms with van der Waals surface area (Å²) in [7, 11) is -0.593. The van der Waals surface area contributed by atoms with Gasteiger partial charge in [0, 0.05) is 18.1 Å². The first-order chi connectivity index (χ1) is 15.0. The molecule has 7 heteroatoms. The molecule has 3 aromatic carbocycles. The average Bonchev–Trinajstić information content (AvgIpc) is 2.82. The Morgan fingerprint density at radius 2 is 1.55 bits per heavy atom. The molecule has 0 aliphatic heterocycles. The molecule has 0 atom stereocenters. The van der Waals surface area contributed by atoms with E-state index in [0.717, 1.165) is 11.3 Å². The molecule has 0 radical (unpaired) electrons. The molecule has 4 rings (SSSR count). The summed E-state index contributed by atoms with van der Waals surface area (Å²) in [5.41, 5.74) is 2.14. The van der Waals surface area contributed by atoms with Gasteiger partial charge in [-0.3, -0.25) is 4.98 Å². The molecular formula is C24H22N2O4S. The van der Waals surface area contributed by atoms with Crippen molar-refractivity contribution in [2.75, 3.05) is 19.5 Å². The summed E-state index contributed by atoms with van der Waals surface area (Å²) in [5.74, 6) is 1.38. The van der Waals surface area contributed by atoms with Gasteiger partial charge in [-0.25, -0.2) is 8.42 Å². The number of hydrogen-bond donors (Lipinski definition) is 1. The van der Waals surface area contributed by atoms with Crippen LogP contribution < -0.4 is 14.8 Å². The van der Waals surface area contributed by atoms with Gasteiger partial charge in [0.2, 0.25) is 9.84 Å². The summed E-state index contributed by atoms with van der Waals surface area (Å²) >= 11 is 0. The lowest BCUT2D eigenvalue weighted by atomic mass is 10.1. The van der Waals surface area contributed by atoms with Gasteiger partial charge in [-0.15, -0.1) is 0 Å². The SMILES string of the molecule is COc1ccc(CNc2c(S(=O)(=O)c3ccccc3)cnc3ccc(OC)cc23)cc1. The van der Waals surface area contributed by atoms with E-state index in [1.807, 2.05) is 30.3 Å². The van der Waals surface area contributed by atoms with Gasteiger partial charge in [0.05, 0.1) is 30.3 Å². The molecule has 0 unspecified atom stereocenters. The normalized spacial score (nSPS) is 11.3. The van der Waals surface area contributed by atoms with Crippen LogP contribution in [-0.2, 0) is 16.4 Å². The summed E-state index contributed by atoms with van der Waals surface area (Å²) in [6, 6.07) is 21.4. The van der Waals surface area contributed by atoms with Crippen LogP contribution in [0.4, 0.5) is 5.69 Å². The molecule has 0 fully saturated rings. The van der Waals surface area contributed by atoms with Gasteiger partial charge in [0.15, 0.2) is 0 Å². The molecule has 0 saturated carbocycles. The van der Waals surface area contributed by atoms with Crippen molar-refractivity contribution in [1.82, 2.24) is 4.98 Å². The van der Waals surface area contributed by atoms with E-state index in [1.165, 1.54) is 6.20 Å². The number of sulfone groups is 1. The van der Waals surface area contributed by atoms with E-state index in [0.29, 0.717) is 28.9 Å². The third-order valence-corrected chi connectivity index (χ3v) is 6.79. The Balaban J connectivity index is 1.83. The summed E-state index contributed by atoms with van der Waals surface area (Å²) in [4.78, 5) is 4.73. The number of fused-ring (bicyclic) bond motifs is 1. The zero-order chi connectivity index (χ0) is 21.8. The first-order valence-corrected chi connectivity index (χ1v) is 11.1. The first kappa shape index (κ1) is 20.7. The van der Waals surface area contributed by atoms with Crippen molar-refractivity contribution in [2.45, 2.75) is 16.3 Å². The van der Waals surface area contributed by atoms with Gasteiger partial charge in [-0.1, -0.05) is 30.3 Å². The molecule has 0 amide bonds. The van der Waals surface area contributed by atoms with Gasteiger partial charge >= 0.3 is 0 Å². The minimum absolute atomic E-state index is 0.118. The lowest BCUT2D eigenvalue weighted by Crippen LogP contribution is -2.09. The van der Waals surface area contributed by atoms with Gasteiger partial charge in [-0.05, 0) is 48.0 Å². The fourth-order valence-electron chi connectivity index (χ4n) is 3.33. The molecule has 1 N–H and O–H groups in total. The van der Waals surface area contributed by atoms with Crippen LogP contribution in [0, 0.1) is 0 Å². The maximum atomic E-state index is 13.4. The van der Waals surface area contributed by atoms with E-state index in [2.05, 4.69) is 10.3 Å². The van der Waals surface area contributed by atoms with Gasteiger partial charge < -0.3 is 14.8 Å². The lowest BCUT2D eigenvalue weighted by Gasteiger charge is -2.16. The summed E-state index contributed by atoms with van der Waals surface area (Å²) < 4.78 is 37.4. The highest BCUT2D eigenvalue weighted by molar-refractivity contribution is 7.91. The van der Waals surface area contributed by atoms with E-state index in [-0.39, 0.29) is 9.79 Å². The van der Waals surface area contributed by atoms with Crippen LogP contribution in [0.2, 0.25) is 0 Å². The van der Waals surface area contributed by atoms with Crippen molar-refractivity contribution in [3.63, 3.8) is 0 Å². The van der Waals surface area contributed by atoms with Crippen molar-refractivity contribution in [3.05, 3.63) is 84.6 Å². The Labute approximate surface area is 181 Å². The second kappa shape index (κ2) is 8.65. The Hall–Kier alpha value is -3.58. The quantitative estimate of drug-likeness (QED) is 0.454. The van der Waals surface area contributed by atoms with Gasteiger partial charge in [-0.2, -0.15) is 0 Å². The van der Waals surface area contributed by atoms with Crippen LogP contribution >= 0.6 is 0 Å². The Morgan fingerprint density at radius 1 is 0.871 bits per heavy atom. The maximum Gasteiger partial charge on any atom is 0.210 e. The average molecular weight is 435 g/mol. The van der Waals surface area contributed by atoms with Crippen molar-refractivity contribution in [3.8, 4) is 11.5 Å². The van der Waals surface area contributed by atoms with Crippen LogP contribution in [0.25, 0.3) is 10.9 Å². The van der Waals surface area contributed by atoms with Crippen molar-refractivity contribution < 1.29 is 17.9 Å². The number of nitrogens with zero attached hydrogens (tertiary/aromatic N) is 1. The second-order valence-electron chi connectivity index (χ2n) is 6.90. The van der Waals surface area contributed by atoms with Gasteiger partial charge in [0.1, 0.15) is 16.4 Å². The number of hydrogen-bond acceptors (Lipinski definition) is 6. The highest BCUT2D eigenvalue weighted by atomic mass is 32.2. The lowest BCUT2D eigenvalue weighted by molar-refractivity contribution is 0.414. The predicted molar refractivity (Wildman–Crippen MR) is 121 cm³/mol. The van der Waals surface area contributed by atoms with E-state index >= 15 is 0 Å². The number of nitrogens with one attached hydrogen (secondary N) is 1. The molecular weight excluding hydrogens is 412 g/mol. The standard InChI is InChI=1S/C24H22N2O4S/c1-29-18-10-8-17(9-11-18)15-26-24-21-14-19(30-2)12-13-22(21)25-16-23(24)31(27,28)20-6-4-3-5-7-20/h3-14,16H,15H2,1-2H3,(H,25,26). The molecule has 0 bridgehead atoms. The highest BCUT2D eigenvalue weighted by Gasteiger charge is 2.24. The highest BCUT2D eigenvalue weighted by Crippen LogP contribution is 2.35. The molecule has 0 aliphatic rings. The largest absolute Gasteiger partial charge is 0.497 e. The maximum absolute atomic E-state index is 13.4. The number of anilines is 1. The molecule has 1 heterocycles. The Morgan fingerprint density at radius 3 is 2.23 bits per heavy atom. The number of aromatic nitrogens is 1. The molecule has 4 aromatic rings. The van der Waals surface area contributed by atoms with Crippen LogP contribution in [-0.4, -0.2) is 27.6 Å². The summed E-state index contributed by atoms with van der Waals surface area (Å²) in [6.45, 7) is 0.428. The molecule has 6 nitrogen and oxygen atoms in total. The van der Waals surface area contributed by atoms with Crippen molar-refractivity contribution in [1.29, 1.82) is 0 Å². The molecule has 158 valence electrons. The zero-order valence-corrected chi connectivity index (χ0v) is 18.0. The minimum Gasteiger partial charge on any atom is -0.497 e. The van der Waals surface area contributed by atoms with Crippen LogP contribution in [0.1, 0.15) is 5.56 Å². The van der Waals surface area contributed by atoms with Crippen LogP contribution in [0.15, 0.2) is 88.8 Å². The molecule has 0 saturated heterocycles. The third-order valence-electron chi connectivity index (χ3n) is 5.01. The van der Waals surface area contributed by atoms with Crippen molar-refractivity contribution >= 4 is 26.4 Å². The van der Waals surface area contributed by atoms with Crippen molar-refractivity contribution in [2.24, 2.45) is 0 Å². The van der Waals surface area contributed by atoms with E-state index in [4.69, 9.17) is 9.47 Å². The van der Waals surface area contributed by atoms with Crippen LogP contribution in [0.3, 0.4) is 0 Å². The number of pyridine rings is 1. The number of rotatable bonds is 7. The summed E-state index contributed by atoms with van der Waals surface area (Å²) in [5, 5.41) is 3.99. The fourth-order valence-corrected chi connectivity index (χ4v) is 4.74. The Kier molecular flexibility index (Phi) is 5.77. The molecule has 31 heavy (non-hydrogen) atoms. The first-order valence-electron chi connectivity index (χ1n) is 9.66. The second-order valence-corrected chi connectivity index (χ2v) is 8.82. The molecule has 0 spiro atoms.